The van der Waals surface area contributed by atoms with Gasteiger partial charge in [0, 0.05) is 12.4 Å². The second kappa shape index (κ2) is 6.29. The molecule has 1 aromatic rings. The standard InChI is InChI=1S/C10H15F2N3/c1-2-3-4-5-13-8-9-14-6-7-15(9)10(11)12/h2-3,6-7,10,13H,4-5,8H2,1H3/b3-2+. The highest BCUT2D eigenvalue weighted by atomic mass is 19.3. The molecule has 0 fully saturated rings. The third-order valence-corrected chi connectivity index (χ3v) is 1.97. The maximum atomic E-state index is 12.4. The minimum Gasteiger partial charge on any atom is -0.310 e. The minimum absolute atomic E-state index is 0.366. The lowest BCUT2D eigenvalue weighted by atomic mass is 10.4. The van der Waals surface area contributed by atoms with Crippen molar-refractivity contribution in [1.82, 2.24) is 14.9 Å². The summed E-state index contributed by atoms with van der Waals surface area (Å²) < 4.78 is 25.6. The summed E-state index contributed by atoms with van der Waals surface area (Å²) in [5.41, 5.74) is 0. The van der Waals surface area contributed by atoms with Crippen molar-refractivity contribution in [3.63, 3.8) is 0 Å². The first-order valence-electron chi connectivity index (χ1n) is 4.87. The van der Waals surface area contributed by atoms with Crippen LogP contribution in [0, 0.1) is 0 Å². The van der Waals surface area contributed by atoms with E-state index < -0.39 is 6.55 Å². The maximum Gasteiger partial charge on any atom is 0.319 e. The van der Waals surface area contributed by atoms with Gasteiger partial charge in [0.15, 0.2) is 0 Å². The van der Waals surface area contributed by atoms with E-state index in [1.165, 1.54) is 12.4 Å². The summed E-state index contributed by atoms with van der Waals surface area (Å²) in [5.74, 6) is 0.366. The lowest BCUT2D eigenvalue weighted by Crippen LogP contribution is -2.18. The topological polar surface area (TPSA) is 29.9 Å². The molecule has 0 aliphatic carbocycles. The maximum absolute atomic E-state index is 12.4. The summed E-state index contributed by atoms with van der Waals surface area (Å²) in [5, 5.41) is 3.05. The number of nitrogens with zero attached hydrogens (tertiary/aromatic N) is 2. The number of imidazole rings is 1. The van der Waals surface area contributed by atoms with Crippen molar-refractivity contribution >= 4 is 0 Å². The fraction of sp³-hybridized carbons (Fsp3) is 0.500. The van der Waals surface area contributed by atoms with Crippen LogP contribution in [0.5, 0.6) is 0 Å². The van der Waals surface area contributed by atoms with Crippen LogP contribution in [0.15, 0.2) is 24.5 Å². The Labute approximate surface area is 87.8 Å². The number of allylic oxidation sites excluding steroid dienone is 1. The highest BCUT2D eigenvalue weighted by molar-refractivity contribution is 4.92. The molecule has 0 radical (unpaired) electrons. The quantitative estimate of drug-likeness (QED) is 0.583. The summed E-state index contributed by atoms with van der Waals surface area (Å²) >= 11 is 0. The zero-order valence-corrected chi connectivity index (χ0v) is 8.66. The predicted octanol–water partition coefficient (Wildman–Crippen LogP) is 2.33. The number of nitrogens with one attached hydrogen (secondary N) is 1. The van der Waals surface area contributed by atoms with Gasteiger partial charge in [-0.15, -0.1) is 0 Å². The van der Waals surface area contributed by atoms with Gasteiger partial charge in [0.05, 0.1) is 6.54 Å². The van der Waals surface area contributed by atoms with Gasteiger partial charge in [-0.3, -0.25) is 4.57 Å². The van der Waals surface area contributed by atoms with Crippen LogP contribution < -0.4 is 5.32 Å². The number of halogens is 2. The molecule has 0 saturated carbocycles. The van der Waals surface area contributed by atoms with Gasteiger partial charge in [-0.05, 0) is 19.9 Å². The SMILES string of the molecule is C/C=C/CCNCc1nccn1C(F)F. The van der Waals surface area contributed by atoms with E-state index in [-0.39, 0.29) is 0 Å². The van der Waals surface area contributed by atoms with Crippen LogP contribution in [0.2, 0.25) is 0 Å². The van der Waals surface area contributed by atoms with Crippen LogP contribution in [0.3, 0.4) is 0 Å². The Hall–Kier alpha value is -1.23. The van der Waals surface area contributed by atoms with Gasteiger partial charge >= 0.3 is 6.55 Å². The van der Waals surface area contributed by atoms with Gasteiger partial charge < -0.3 is 5.32 Å². The van der Waals surface area contributed by atoms with E-state index in [9.17, 15) is 8.78 Å². The molecule has 0 bridgehead atoms. The van der Waals surface area contributed by atoms with Crippen molar-refractivity contribution < 1.29 is 8.78 Å². The third-order valence-electron chi connectivity index (χ3n) is 1.97. The van der Waals surface area contributed by atoms with Gasteiger partial charge in [0.25, 0.3) is 0 Å². The monoisotopic (exact) mass is 215 g/mol. The van der Waals surface area contributed by atoms with Gasteiger partial charge in [0.2, 0.25) is 0 Å². The van der Waals surface area contributed by atoms with E-state index in [1.807, 2.05) is 19.1 Å². The Morgan fingerprint density at radius 3 is 3.07 bits per heavy atom. The fourth-order valence-corrected chi connectivity index (χ4v) is 1.21. The van der Waals surface area contributed by atoms with Crippen molar-refractivity contribution in [3.05, 3.63) is 30.4 Å². The summed E-state index contributed by atoms with van der Waals surface area (Å²) in [6, 6.07) is 0. The van der Waals surface area contributed by atoms with Crippen molar-refractivity contribution in [2.75, 3.05) is 6.54 Å². The Balaban J connectivity index is 2.34. The molecule has 0 spiro atoms. The zero-order valence-electron chi connectivity index (χ0n) is 8.66. The number of hydrogen-bond acceptors (Lipinski definition) is 2. The molecule has 1 heterocycles. The summed E-state index contributed by atoms with van der Waals surface area (Å²) in [6.45, 7) is 0.568. The summed E-state index contributed by atoms with van der Waals surface area (Å²) in [4.78, 5) is 3.86. The van der Waals surface area contributed by atoms with Crippen molar-refractivity contribution in [1.29, 1.82) is 0 Å². The second-order valence-electron chi connectivity index (χ2n) is 3.06. The molecule has 0 amide bonds. The largest absolute Gasteiger partial charge is 0.319 e. The average molecular weight is 215 g/mol. The highest BCUT2D eigenvalue weighted by Gasteiger charge is 2.09. The van der Waals surface area contributed by atoms with E-state index in [2.05, 4.69) is 10.3 Å². The molecule has 0 aliphatic heterocycles. The molecule has 1 rings (SSSR count). The lowest BCUT2D eigenvalue weighted by Gasteiger charge is -2.06. The first-order valence-corrected chi connectivity index (χ1v) is 4.87. The number of rotatable bonds is 6. The van der Waals surface area contributed by atoms with Crippen LogP contribution in [-0.2, 0) is 6.54 Å². The molecule has 0 unspecified atom stereocenters. The van der Waals surface area contributed by atoms with Gasteiger partial charge in [-0.25, -0.2) is 4.98 Å². The Bertz CT molecular complexity index is 307. The van der Waals surface area contributed by atoms with Crippen LogP contribution in [-0.4, -0.2) is 16.1 Å². The normalized spacial score (nSPS) is 11.7. The van der Waals surface area contributed by atoms with Crippen molar-refractivity contribution in [3.8, 4) is 0 Å². The van der Waals surface area contributed by atoms with E-state index >= 15 is 0 Å². The first kappa shape index (κ1) is 11.8. The lowest BCUT2D eigenvalue weighted by molar-refractivity contribution is 0.0666. The molecule has 5 heteroatoms. The smallest absolute Gasteiger partial charge is 0.310 e. The summed E-state index contributed by atoms with van der Waals surface area (Å²) in [6.07, 6.45) is 7.54. The fourth-order valence-electron chi connectivity index (χ4n) is 1.21. The Morgan fingerprint density at radius 1 is 1.60 bits per heavy atom. The van der Waals surface area contributed by atoms with Crippen LogP contribution in [0.25, 0.3) is 0 Å². The molecule has 0 saturated heterocycles. The minimum atomic E-state index is -2.51. The van der Waals surface area contributed by atoms with Crippen LogP contribution in [0.1, 0.15) is 25.7 Å². The van der Waals surface area contributed by atoms with E-state index in [0.717, 1.165) is 17.5 Å². The molecular weight excluding hydrogens is 200 g/mol. The molecule has 15 heavy (non-hydrogen) atoms. The zero-order chi connectivity index (χ0) is 11.1. The third kappa shape index (κ3) is 3.79. The molecule has 3 nitrogen and oxygen atoms in total. The molecular formula is C10H15F2N3. The van der Waals surface area contributed by atoms with Crippen LogP contribution in [0.4, 0.5) is 8.78 Å². The predicted molar refractivity (Wildman–Crippen MR) is 54.6 cm³/mol. The van der Waals surface area contributed by atoms with Gasteiger partial charge in [-0.1, -0.05) is 12.2 Å². The Kier molecular flexibility index (Phi) is 4.97. The van der Waals surface area contributed by atoms with Crippen molar-refractivity contribution in [2.45, 2.75) is 26.4 Å². The second-order valence-corrected chi connectivity index (χ2v) is 3.06. The van der Waals surface area contributed by atoms with E-state index in [1.54, 1.807) is 0 Å². The molecule has 84 valence electrons. The molecule has 0 atom stereocenters. The average Bonchev–Trinajstić information content (AvgIpc) is 2.66. The first-order chi connectivity index (χ1) is 7.25. The molecule has 0 aliphatic rings. The summed E-state index contributed by atoms with van der Waals surface area (Å²) in [7, 11) is 0. The number of hydrogen-bond donors (Lipinski definition) is 1. The van der Waals surface area contributed by atoms with Crippen molar-refractivity contribution in [2.24, 2.45) is 0 Å². The number of aromatic nitrogens is 2. The van der Waals surface area contributed by atoms with Crippen LogP contribution >= 0.6 is 0 Å². The Morgan fingerprint density at radius 2 is 2.40 bits per heavy atom. The molecule has 0 aromatic carbocycles. The van der Waals surface area contributed by atoms with E-state index in [0.29, 0.717) is 12.4 Å². The molecule has 1 N–H and O–H groups in total. The van der Waals surface area contributed by atoms with Gasteiger partial charge in [-0.2, -0.15) is 8.78 Å². The van der Waals surface area contributed by atoms with E-state index in [4.69, 9.17) is 0 Å². The van der Waals surface area contributed by atoms with Gasteiger partial charge in [0.1, 0.15) is 5.82 Å². The highest BCUT2D eigenvalue weighted by Crippen LogP contribution is 2.11. The number of alkyl halides is 2. The molecule has 1 aromatic heterocycles.